The van der Waals surface area contributed by atoms with Crippen LogP contribution in [0.1, 0.15) is 118 Å². The number of nitrogens with two attached hydrogens (primary N) is 1. The minimum Gasteiger partial charge on any atom is -0.461 e. The molecule has 7 atom stereocenters. The van der Waals surface area contributed by atoms with Crippen molar-refractivity contribution in [3.63, 3.8) is 0 Å². The van der Waals surface area contributed by atoms with Crippen molar-refractivity contribution < 1.29 is 9.53 Å². The molecule has 4 aliphatic rings. The van der Waals surface area contributed by atoms with Crippen LogP contribution in [0.15, 0.2) is 53.1 Å². The lowest BCUT2D eigenvalue weighted by Crippen LogP contribution is -2.55. The molecule has 2 saturated carbocycles. The smallest absolute Gasteiger partial charge is 0.323 e. The molecule has 0 aromatic heterocycles. The second-order valence-corrected chi connectivity index (χ2v) is 15.1. The van der Waals surface area contributed by atoms with Crippen molar-refractivity contribution in [2.45, 2.75) is 131 Å². The normalized spacial score (nSPS) is 35.3. The van der Waals surface area contributed by atoms with Crippen molar-refractivity contribution in [1.29, 1.82) is 0 Å². The standard InChI is InChI=1S/C37H55NO2/c1-25(2)12-10-11-15-27-16-18-29-28-17-19-32-35(3,4)33(21-23-37(32,6)30(28)20-22-36(27,29)5)40-34(39)31(38)24-26-13-8-7-9-14-26/h7-9,12-14,27,29,31-33H,10-11,15-24,38H2,1-6H3. The largest absolute Gasteiger partial charge is 0.461 e. The van der Waals surface area contributed by atoms with E-state index in [2.05, 4.69) is 47.6 Å². The van der Waals surface area contributed by atoms with Gasteiger partial charge < -0.3 is 10.5 Å². The van der Waals surface area contributed by atoms with E-state index in [1.165, 1.54) is 63.4 Å². The quantitative estimate of drug-likeness (QED) is 0.201. The Balaban J connectivity index is 1.28. The van der Waals surface area contributed by atoms with Gasteiger partial charge in [-0.2, -0.15) is 0 Å². The molecule has 220 valence electrons. The molecule has 1 aromatic rings. The first-order valence-electron chi connectivity index (χ1n) is 16.3. The monoisotopic (exact) mass is 545 g/mol. The zero-order chi connectivity index (χ0) is 28.7. The van der Waals surface area contributed by atoms with Gasteiger partial charge in [-0.15, -0.1) is 0 Å². The average Bonchev–Trinajstić information content (AvgIpc) is 3.25. The summed E-state index contributed by atoms with van der Waals surface area (Å²) in [5.74, 6) is 1.98. The summed E-state index contributed by atoms with van der Waals surface area (Å²) in [6.07, 6.45) is 16.9. The fraction of sp³-hybridized carbons (Fsp3) is 0.703. The Morgan fingerprint density at radius 2 is 1.77 bits per heavy atom. The summed E-state index contributed by atoms with van der Waals surface area (Å²) >= 11 is 0. The molecule has 0 aliphatic heterocycles. The molecule has 3 heteroatoms. The first-order chi connectivity index (χ1) is 19.0. The highest BCUT2D eigenvalue weighted by Gasteiger charge is 2.59. The Morgan fingerprint density at radius 1 is 1.02 bits per heavy atom. The van der Waals surface area contributed by atoms with Gasteiger partial charge in [0.1, 0.15) is 12.1 Å². The molecule has 0 saturated heterocycles. The Kier molecular flexibility index (Phi) is 8.46. The molecule has 7 unspecified atom stereocenters. The number of unbranched alkanes of at least 4 members (excludes halogenated alkanes) is 1. The van der Waals surface area contributed by atoms with Gasteiger partial charge in [0.2, 0.25) is 0 Å². The van der Waals surface area contributed by atoms with E-state index in [1.807, 2.05) is 41.5 Å². The van der Waals surface area contributed by atoms with Gasteiger partial charge in [0.05, 0.1) is 0 Å². The van der Waals surface area contributed by atoms with E-state index in [9.17, 15) is 4.79 Å². The highest BCUT2D eigenvalue weighted by atomic mass is 16.5. The van der Waals surface area contributed by atoms with Crippen molar-refractivity contribution in [3.05, 3.63) is 58.7 Å². The van der Waals surface area contributed by atoms with Gasteiger partial charge in [-0.05, 0) is 125 Å². The summed E-state index contributed by atoms with van der Waals surface area (Å²) < 4.78 is 6.25. The van der Waals surface area contributed by atoms with Crippen LogP contribution in [0.2, 0.25) is 0 Å². The zero-order valence-corrected chi connectivity index (χ0v) is 26.2. The summed E-state index contributed by atoms with van der Waals surface area (Å²) in [6, 6.07) is 9.43. The van der Waals surface area contributed by atoms with Gasteiger partial charge in [0.15, 0.2) is 0 Å². The van der Waals surface area contributed by atoms with Crippen LogP contribution < -0.4 is 5.73 Å². The fourth-order valence-electron chi connectivity index (χ4n) is 10.00. The molecular formula is C37H55NO2. The predicted molar refractivity (Wildman–Crippen MR) is 166 cm³/mol. The van der Waals surface area contributed by atoms with E-state index in [-0.39, 0.29) is 22.9 Å². The maximum atomic E-state index is 13.1. The first kappa shape index (κ1) is 29.6. The van der Waals surface area contributed by atoms with E-state index in [0.717, 1.165) is 30.2 Å². The number of carbonyl (C=O) groups excluding carboxylic acids is 1. The first-order valence-corrected chi connectivity index (χ1v) is 16.3. The minimum absolute atomic E-state index is 0.0580. The van der Waals surface area contributed by atoms with Crippen LogP contribution in [0.3, 0.4) is 0 Å². The summed E-state index contributed by atoms with van der Waals surface area (Å²) in [6.45, 7) is 14.4. The summed E-state index contributed by atoms with van der Waals surface area (Å²) in [4.78, 5) is 13.1. The van der Waals surface area contributed by atoms with Crippen molar-refractivity contribution >= 4 is 5.97 Å². The third-order valence-electron chi connectivity index (χ3n) is 12.2. The van der Waals surface area contributed by atoms with E-state index < -0.39 is 6.04 Å². The Bertz CT molecular complexity index is 1130. The van der Waals surface area contributed by atoms with Crippen LogP contribution >= 0.6 is 0 Å². The molecule has 0 heterocycles. The fourth-order valence-corrected chi connectivity index (χ4v) is 10.00. The second kappa shape index (κ2) is 11.4. The summed E-state index contributed by atoms with van der Waals surface area (Å²) in [5, 5.41) is 0. The molecule has 1 aromatic carbocycles. The molecule has 5 rings (SSSR count). The van der Waals surface area contributed by atoms with Gasteiger partial charge >= 0.3 is 5.97 Å². The Morgan fingerprint density at radius 3 is 2.50 bits per heavy atom. The molecular weight excluding hydrogens is 490 g/mol. The van der Waals surface area contributed by atoms with Crippen molar-refractivity contribution in [2.24, 2.45) is 39.7 Å². The highest BCUT2D eigenvalue weighted by Crippen LogP contribution is 2.67. The topological polar surface area (TPSA) is 52.3 Å². The van der Waals surface area contributed by atoms with Crippen molar-refractivity contribution in [1.82, 2.24) is 0 Å². The average molecular weight is 546 g/mol. The van der Waals surface area contributed by atoms with Gasteiger partial charge in [0, 0.05) is 5.41 Å². The number of ether oxygens (including phenoxy) is 1. The van der Waals surface area contributed by atoms with E-state index in [1.54, 1.807) is 0 Å². The molecule has 0 spiro atoms. The number of allylic oxidation sites excluding steroid dienone is 4. The number of fused-ring (bicyclic) bond motifs is 4. The lowest BCUT2D eigenvalue weighted by atomic mass is 9.46. The van der Waals surface area contributed by atoms with E-state index >= 15 is 0 Å². The van der Waals surface area contributed by atoms with Crippen LogP contribution in [0.25, 0.3) is 0 Å². The number of benzene rings is 1. The van der Waals surface area contributed by atoms with Gasteiger partial charge in [-0.25, -0.2) is 0 Å². The van der Waals surface area contributed by atoms with Crippen molar-refractivity contribution in [3.8, 4) is 0 Å². The van der Waals surface area contributed by atoms with Gasteiger partial charge in [-0.3, -0.25) is 4.79 Å². The molecule has 2 N–H and O–H groups in total. The van der Waals surface area contributed by atoms with Crippen LogP contribution in [-0.2, 0) is 16.0 Å². The maximum Gasteiger partial charge on any atom is 0.323 e. The van der Waals surface area contributed by atoms with Crippen LogP contribution in [0.5, 0.6) is 0 Å². The summed E-state index contributed by atoms with van der Waals surface area (Å²) in [5.41, 5.74) is 13.2. The lowest BCUT2D eigenvalue weighted by Gasteiger charge is -2.60. The number of carbonyl (C=O) groups is 1. The predicted octanol–water partition coefficient (Wildman–Crippen LogP) is 8.96. The molecule has 0 bridgehead atoms. The lowest BCUT2D eigenvalue weighted by molar-refractivity contribution is -0.171. The number of rotatable bonds is 8. The molecule has 2 fully saturated rings. The van der Waals surface area contributed by atoms with Crippen LogP contribution in [0, 0.1) is 34.0 Å². The van der Waals surface area contributed by atoms with Gasteiger partial charge in [-0.1, -0.05) is 80.8 Å². The second-order valence-electron chi connectivity index (χ2n) is 15.1. The van der Waals surface area contributed by atoms with Crippen molar-refractivity contribution in [2.75, 3.05) is 0 Å². The molecule has 0 radical (unpaired) electrons. The van der Waals surface area contributed by atoms with Crippen LogP contribution in [0.4, 0.5) is 0 Å². The Hall–Kier alpha value is -1.87. The SMILES string of the molecule is CC(C)=CCCCC1CCC2C3=C(CCC12C)C1(C)CCC(OC(=O)C(N)Cc2ccccc2)C(C)(C)C1CC3. The number of hydrogen-bond acceptors (Lipinski definition) is 3. The summed E-state index contributed by atoms with van der Waals surface area (Å²) in [7, 11) is 0. The van der Waals surface area contributed by atoms with E-state index in [0.29, 0.717) is 17.8 Å². The Labute approximate surface area is 244 Å². The number of esters is 1. The molecule has 4 aliphatic carbocycles. The van der Waals surface area contributed by atoms with Gasteiger partial charge in [0.25, 0.3) is 0 Å². The molecule has 0 amide bonds. The van der Waals surface area contributed by atoms with E-state index in [4.69, 9.17) is 10.5 Å². The maximum absolute atomic E-state index is 13.1. The molecule has 3 nitrogen and oxygen atoms in total. The highest BCUT2D eigenvalue weighted by molar-refractivity contribution is 5.76. The third kappa shape index (κ3) is 5.37. The zero-order valence-electron chi connectivity index (χ0n) is 26.2. The minimum atomic E-state index is -0.611. The van der Waals surface area contributed by atoms with Crippen LogP contribution in [-0.4, -0.2) is 18.1 Å². The number of hydrogen-bond donors (Lipinski definition) is 1. The third-order valence-corrected chi connectivity index (χ3v) is 12.2. The molecule has 40 heavy (non-hydrogen) atoms.